The summed E-state index contributed by atoms with van der Waals surface area (Å²) >= 11 is 1.90. The Bertz CT molecular complexity index is 2780. The lowest BCUT2D eigenvalue weighted by Gasteiger charge is -2.16. The number of hydrogen-bond acceptors (Lipinski definition) is 1. The van der Waals surface area contributed by atoms with E-state index in [4.69, 9.17) is 0 Å². The highest BCUT2D eigenvalue weighted by Crippen LogP contribution is 2.45. The van der Waals surface area contributed by atoms with Crippen molar-refractivity contribution in [2.24, 2.45) is 0 Å². The van der Waals surface area contributed by atoms with E-state index >= 15 is 0 Å². The average Bonchev–Trinajstić information content (AvgIpc) is 3.46. The molecule has 0 fully saturated rings. The molecular weight excluding hydrogens is 537 g/mol. The van der Waals surface area contributed by atoms with Crippen molar-refractivity contribution in [3.8, 4) is 11.1 Å². The average molecular weight is 561 g/mol. The maximum Gasteiger partial charge on any atom is 0.0433 e. The lowest BCUT2D eigenvalue weighted by molar-refractivity contribution is 1.73. The lowest BCUT2D eigenvalue weighted by atomic mass is 9.87. The third-order valence-electron chi connectivity index (χ3n) is 9.42. The maximum absolute atomic E-state index is 2.44. The van der Waals surface area contributed by atoms with E-state index in [-0.39, 0.29) is 0 Å². The second kappa shape index (κ2) is 8.64. The molecular formula is C42H24S. The molecule has 43 heavy (non-hydrogen) atoms. The van der Waals surface area contributed by atoms with Gasteiger partial charge in [0, 0.05) is 20.2 Å². The Morgan fingerprint density at radius 2 is 0.744 bits per heavy atom. The van der Waals surface area contributed by atoms with Gasteiger partial charge >= 0.3 is 0 Å². The first-order valence-electron chi connectivity index (χ1n) is 14.9. The smallest absolute Gasteiger partial charge is 0.0433 e. The first-order chi connectivity index (χ1) is 21.3. The van der Waals surface area contributed by atoms with Crippen molar-refractivity contribution in [2.45, 2.75) is 0 Å². The Balaban J connectivity index is 1.44. The Morgan fingerprint density at radius 1 is 0.302 bits per heavy atom. The standard InChI is InChI=1S/C42H24S/c1-2-11-28-27(10-1)33-16-8-18-35-29-12-3-4-13-30(29)38-24-25(22-23-31(38)36-19-9-17-34(28)41(36)40(33)35)26-15-7-20-37-32-14-5-6-21-39(32)43-42(26)37/h1-24H. The van der Waals surface area contributed by atoms with Crippen LogP contribution in [0, 0.1) is 0 Å². The van der Waals surface area contributed by atoms with Gasteiger partial charge in [-0.25, -0.2) is 0 Å². The first kappa shape index (κ1) is 23.3. The minimum absolute atomic E-state index is 1.26. The molecule has 0 aliphatic carbocycles. The molecule has 9 aromatic carbocycles. The summed E-state index contributed by atoms with van der Waals surface area (Å²) < 4.78 is 2.69. The topological polar surface area (TPSA) is 0 Å². The number of rotatable bonds is 1. The first-order valence-corrected chi connectivity index (χ1v) is 15.7. The highest BCUT2D eigenvalue weighted by Gasteiger charge is 2.17. The molecule has 0 aliphatic rings. The van der Waals surface area contributed by atoms with Crippen molar-refractivity contribution >= 4 is 96.1 Å². The van der Waals surface area contributed by atoms with E-state index in [0.29, 0.717) is 0 Å². The van der Waals surface area contributed by atoms with Crippen molar-refractivity contribution in [2.75, 3.05) is 0 Å². The molecule has 0 amide bonds. The van der Waals surface area contributed by atoms with Gasteiger partial charge in [-0.3, -0.25) is 0 Å². The van der Waals surface area contributed by atoms with Crippen LogP contribution in [0.15, 0.2) is 146 Å². The summed E-state index contributed by atoms with van der Waals surface area (Å²) in [6.07, 6.45) is 0. The van der Waals surface area contributed by atoms with Gasteiger partial charge < -0.3 is 0 Å². The third-order valence-corrected chi connectivity index (χ3v) is 10.6. The summed E-state index contributed by atoms with van der Waals surface area (Å²) in [5.41, 5.74) is 2.56. The van der Waals surface area contributed by atoms with Gasteiger partial charge in [-0.1, -0.05) is 133 Å². The monoisotopic (exact) mass is 560 g/mol. The fourth-order valence-electron chi connectivity index (χ4n) is 7.59. The van der Waals surface area contributed by atoms with E-state index in [1.54, 1.807) is 0 Å². The molecule has 0 atom stereocenters. The predicted octanol–water partition coefficient (Wildman–Crippen LogP) is 12.6. The molecule has 0 saturated heterocycles. The van der Waals surface area contributed by atoms with Crippen LogP contribution in [0.2, 0.25) is 0 Å². The normalized spacial score (nSPS) is 12.2. The largest absolute Gasteiger partial charge is 0.135 e. The van der Waals surface area contributed by atoms with Crippen molar-refractivity contribution in [3.63, 3.8) is 0 Å². The molecule has 0 N–H and O–H groups in total. The molecule has 1 aromatic heterocycles. The number of benzene rings is 8. The van der Waals surface area contributed by atoms with E-state index in [9.17, 15) is 0 Å². The van der Waals surface area contributed by atoms with Crippen LogP contribution in [0.3, 0.4) is 0 Å². The lowest BCUT2D eigenvalue weighted by Crippen LogP contribution is -1.88. The van der Waals surface area contributed by atoms with Crippen LogP contribution in [-0.2, 0) is 0 Å². The molecule has 0 unspecified atom stereocenters. The molecule has 0 saturated carbocycles. The van der Waals surface area contributed by atoms with Crippen LogP contribution in [0.1, 0.15) is 0 Å². The fraction of sp³-hybridized carbons (Fsp3) is 0. The molecule has 0 nitrogen and oxygen atoms in total. The van der Waals surface area contributed by atoms with Crippen molar-refractivity contribution in [1.29, 1.82) is 0 Å². The summed E-state index contributed by atoms with van der Waals surface area (Å²) in [5.74, 6) is 0. The van der Waals surface area contributed by atoms with Gasteiger partial charge in [-0.15, -0.1) is 11.3 Å². The number of fused-ring (bicyclic) bond motifs is 11. The van der Waals surface area contributed by atoms with Gasteiger partial charge in [-0.05, 0) is 87.9 Å². The maximum atomic E-state index is 2.44. The number of thiophene rings is 1. The van der Waals surface area contributed by atoms with Gasteiger partial charge in [-0.2, -0.15) is 0 Å². The second-order valence-corrected chi connectivity index (χ2v) is 12.6. The molecule has 10 rings (SSSR count). The highest BCUT2D eigenvalue weighted by atomic mass is 32.1. The van der Waals surface area contributed by atoms with Crippen LogP contribution in [0.4, 0.5) is 0 Å². The molecule has 0 bridgehead atoms. The summed E-state index contributed by atoms with van der Waals surface area (Å²) in [5, 5.41) is 18.4. The summed E-state index contributed by atoms with van der Waals surface area (Å²) in [6.45, 7) is 0. The predicted molar refractivity (Wildman–Crippen MR) is 190 cm³/mol. The van der Waals surface area contributed by atoms with E-state index in [0.717, 1.165) is 0 Å². The SMILES string of the molecule is c1ccc2c(c1)sc1c(-c3ccc4c(c3)c3ccccc3c3cccc5c6ccccc6c6cccc4c6c35)cccc12. The molecule has 0 radical (unpaired) electrons. The Hall–Kier alpha value is -5.24. The van der Waals surface area contributed by atoms with E-state index < -0.39 is 0 Å². The summed E-state index contributed by atoms with van der Waals surface area (Å²) in [6, 6.07) is 54.3. The molecule has 1 heterocycles. The van der Waals surface area contributed by atoms with Crippen molar-refractivity contribution < 1.29 is 0 Å². The quantitative estimate of drug-likeness (QED) is 0.175. The molecule has 198 valence electrons. The van der Waals surface area contributed by atoms with Crippen LogP contribution >= 0.6 is 11.3 Å². The third kappa shape index (κ3) is 3.15. The molecule has 10 aromatic rings. The van der Waals surface area contributed by atoms with E-state index in [1.807, 2.05) is 11.3 Å². The summed E-state index contributed by atoms with van der Waals surface area (Å²) in [7, 11) is 0. The zero-order chi connectivity index (χ0) is 28.1. The Morgan fingerprint density at radius 3 is 1.35 bits per heavy atom. The van der Waals surface area contributed by atoms with Crippen molar-refractivity contribution in [3.05, 3.63) is 146 Å². The van der Waals surface area contributed by atoms with Crippen LogP contribution in [0.5, 0.6) is 0 Å². The van der Waals surface area contributed by atoms with Gasteiger partial charge in [0.1, 0.15) is 0 Å². The van der Waals surface area contributed by atoms with Crippen molar-refractivity contribution in [1.82, 2.24) is 0 Å². The van der Waals surface area contributed by atoms with Crippen LogP contribution in [-0.4, -0.2) is 0 Å². The van der Waals surface area contributed by atoms with Crippen LogP contribution in [0.25, 0.3) is 95.9 Å². The molecule has 0 aliphatic heterocycles. The van der Waals surface area contributed by atoms with Gasteiger partial charge in [0.15, 0.2) is 0 Å². The van der Waals surface area contributed by atoms with Gasteiger partial charge in [0.25, 0.3) is 0 Å². The fourth-order valence-corrected chi connectivity index (χ4v) is 8.83. The highest BCUT2D eigenvalue weighted by molar-refractivity contribution is 7.26. The molecule has 0 spiro atoms. The second-order valence-electron chi connectivity index (χ2n) is 11.6. The molecule has 1 heteroatoms. The van der Waals surface area contributed by atoms with E-state index in [1.165, 1.54) is 95.9 Å². The zero-order valence-corrected chi connectivity index (χ0v) is 24.1. The Labute approximate surface area is 252 Å². The minimum atomic E-state index is 1.26. The van der Waals surface area contributed by atoms with Gasteiger partial charge in [0.2, 0.25) is 0 Å². The minimum Gasteiger partial charge on any atom is -0.135 e. The van der Waals surface area contributed by atoms with Crippen LogP contribution < -0.4 is 0 Å². The number of hydrogen-bond donors (Lipinski definition) is 0. The Kier molecular flexibility index (Phi) is 4.69. The zero-order valence-electron chi connectivity index (χ0n) is 23.3. The summed E-state index contributed by atoms with van der Waals surface area (Å²) in [4.78, 5) is 0. The van der Waals surface area contributed by atoms with Gasteiger partial charge in [0.05, 0.1) is 0 Å². The van der Waals surface area contributed by atoms with E-state index in [2.05, 4.69) is 146 Å².